The van der Waals surface area contributed by atoms with E-state index in [9.17, 15) is 4.79 Å². The van der Waals surface area contributed by atoms with E-state index in [1.54, 1.807) is 30.4 Å². The molecule has 3 nitrogen and oxygen atoms in total. The summed E-state index contributed by atoms with van der Waals surface area (Å²) >= 11 is 6.30. The van der Waals surface area contributed by atoms with Gasteiger partial charge in [0.15, 0.2) is 10.8 Å². The van der Waals surface area contributed by atoms with E-state index in [1.165, 1.54) is 0 Å². The first-order valence-electron chi connectivity index (χ1n) is 6.14. The zero-order valence-electron chi connectivity index (χ0n) is 10.2. The summed E-state index contributed by atoms with van der Waals surface area (Å²) < 4.78 is 11.1. The van der Waals surface area contributed by atoms with Gasteiger partial charge < -0.3 is 9.47 Å². The van der Waals surface area contributed by atoms with Crippen LogP contribution < -0.4 is 0 Å². The van der Waals surface area contributed by atoms with Crippen molar-refractivity contribution >= 4 is 17.4 Å². The number of rotatable bonds is 2. The Morgan fingerprint density at radius 3 is 2.84 bits per heavy atom. The van der Waals surface area contributed by atoms with Gasteiger partial charge in [0, 0.05) is 11.1 Å². The third kappa shape index (κ3) is 2.37. The summed E-state index contributed by atoms with van der Waals surface area (Å²) in [5.41, 5.74) is 1.23. The van der Waals surface area contributed by atoms with Gasteiger partial charge in [-0.1, -0.05) is 48.0 Å². The predicted octanol–water partition coefficient (Wildman–Crippen LogP) is 2.72. The molecule has 1 aliphatic heterocycles. The van der Waals surface area contributed by atoms with E-state index >= 15 is 0 Å². The topological polar surface area (TPSA) is 35.5 Å². The second-order valence-electron chi connectivity index (χ2n) is 4.49. The SMILES string of the molecule is O=C(C1=CC2OCCOC2(Cl)C=C1)c1ccccc1. The molecule has 0 saturated carbocycles. The van der Waals surface area contributed by atoms with Gasteiger partial charge in [-0.3, -0.25) is 4.79 Å². The summed E-state index contributed by atoms with van der Waals surface area (Å²) in [6.07, 6.45) is 4.71. The molecule has 0 aromatic heterocycles. The van der Waals surface area contributed by atoms with Crippen LogP contribution in [0.3, 0.4) is 0 Å². The van der Waals surface area contributed by atoms with E-state index in [2.05, 4.69) is 0 Å². The van der Waals surface area contributed by atoms with Gasteiger partial charge in [-0.05, 0) is 12.2 Å². The fraction of sp³-hybridized carbons (Fsp3) is 0.267. The van der Waals surface area contributed by atoms with Crippen molar-refractivity contribution in [2.45, 2.75) is 11.2 Å². The molecule has 4 heteroatoms. The van der Waals surface area contributed by atoms with Crippen molar-refractivity contribution in [3.05, 3.63) is 59.7 Å². The molecule has 0 N–H and O–H groups in total. The first-order valence-corrected chi connectivity index (χ1v) is 6.52. The Morgan fingerprint density at radius 1 is 1.26 bits per heavy atom. The number of carbonyl (C=O) groups excluding carboxylic acids is 1. The number of halogens is 1. The molecule has 2 aliphatic rings. The minimum Gasteiger partial charge on any atom is -0.367 e. The van der Waals surface area contributed by atoms with Gasteiger partial charge in [0.2, 0.25) is 0 Å². The Bertz CT molecular complexity index is 550. The smallest absolute Gasteiger partial charge is 0.192 e. The molecule has 1 heterocycles. The Hall–Kier alpha value is -1.42. The lowest BCUT2D eigenvalue weighted by molar-refractivity contribution is -0.123. The summed E-state index contributed by atoms with van der Waals surface area (Å²) in [5, 5.41) is -0.973. The van der Waals surface area contributed by atoms with Crippen LogP contribution in [-0.4, -0.2) is 30.2 Å². The van der Waals surface area contributed by atoms with Gasteiger partial charge in [-0.25, -0.2) is 0 Å². The molecule has 1 aromatic rings. The molecule has 2 unspecified atom stereocenters. The number of Topliss-reactive ketones (excluding diaryl/α,β-unsaturated/α-hetero) is 1. The molecule has 0 radical (unpaired) electrons. The Morgan fingerprint density at radius 2 is 2.05 bits per heavy atom. The molecule has 2 atom stereocenters. The predicted molar refractivity (Wildman–Crippen MR) is 72.3 cm³/mol. The van der Waals surface area contributed by atoms with Gasteiger partial charge in [0.05, 0.1) is 13.2 Å². The lowest BCUT2D eigenvalue weighted by Gasteiger charge is -2.37. The van der Waals surface area contributed by atoms with Crippen molar-refractivity contribution < 1.29 is 14.3 Å². The monoisotopic (exact) mass is 276 g/mol. The third-order valence-corrected chi connectivity index (χ3v) is 3.66. The highest BCUT2D eigenvalue weighted by atomic mass is 35.5. The molecule has 3 rings (SSSR count). The zero-order chi connectivity index (χ0) is 13.3. The summed E-state index contributed by atoms with van der Waals surface area (Å²) in [7, 11) is 0. The minimum atomic E-state index is -0.973. The second kappa shape index (κ2) is 4.93. The van der Waals surface area contributed by atoms with Crippen molar-refractivity contribution in [2.24, 2.45) is 0 Å². The van der Waals surface area contributed by atoms with E-state index in [-0.39, 0.29) is 5.78 Å². The first kappa shape index (κ1) is 12.6. The zero-order valence-corrected chi connectivity index (χ0v) is 11.0. The van der Waals surface area contributed by atoms with Crippen LogP contribution in [0.2, 0.25) is 0 Å². The van der Waals surface area contributed by atoms with E-state index in [1.807, 2.05) is 18.2 Å². The van der Waals surface area contributed by atoms with Crippen LogP contribution in [0.4, 0.5) is 0 Å². The number of fused-ring (bicyclic) bond motifs is 1. The maximum absolute atomic E-state index is 12.3. The minimum absolute atomic E-state index is 0.0373. The molecule has 98 valence electrons. The van der Waals surface area contributed by atoms with Crippen LogP contribution in [0.25, 0.3) is 0 Å². The van der Waals surface area contributed by atoms with Gasteiger partial charge in [-0.2, -0.15) is 0 Å². The van der Waals surface area contributed by atoms with Crippen LogP contribution in [-0.2, 0) is 9.47 Å². The molecule has 19 heavy (non-hydrogen) atoms. The number of ether oxygens (including phenoxy) is 2. The molecular weight excluding hydrogens is 264 g/mol. The largest absolute Gasteiger partial charge is 0.367 e. The normalized spacial score (nSPS) is 29.5. The van der Waals surface area contributed by atoms with Gasteiger partial charge >= 0.3 is 0 Å². The lowest BCUT2D eigenvalue weighted by Crippen LogP contribution is -2.45. The van der Waals surface area contributed by atoms with Gasteiger partial charge in [0.1, 0.15) is 6.10 Å². The molecule has 1 aromatic carbocycles. The highest BCUT2D eigenvalue weighted by molar-refractivity contribution is 6.25. The number of allylic oxidation sites excluding steroid dienone is 2. The number of hydrogen-bond donors (Lipinski definition) is 0. The van der Waals surface area contributed by atoms with Crippen LogP contribution in [0, 0.1) is 0 Å². The fourth-order valence-corrected chi connectivity index (χ4v) is 2.47. The average Bonchev–Trinajstić information content (AvgIpc) is 2.46. The maximum atomic E-state index is 12.3. The van der Waals surface area contributed by atoms with Crippen molar-refractivity contribution in [1.29, 1.82) is 0 Å². The van der Waals surface area contributed by atoms with Crippen molar-refractivity contribution in [3.63, 3.8) is 0 Å². The summed E-state index contributed by atoms with van der Waals surface area (Å²) in [5.74, 6) is -0.0373. The quantitative estimate of drug-likeness (QED) is 0.615. The lowest BCUT2D eigenvalue weighted by atomic mass is 9.95. The number of carbonyl (C=O) groups is 1. The molecule has 0 bridgehead atoms. The highest BCUT2D eigenvalue weighted by Crippen LogP contribution is 2.34. The Kier molecular flexibility index (Phi) is 3.27. The Labute approximate surface area is 116 Å². The molecule has 0 amide bonds. The van der Waals surface area contributed by atoms with Crippen LogP contribution in [0.5, 0.6) is 0 Å². The number of ketones is 1. The average molecular weight is 277 g/mol. The summed E-state index contributed by atoms with van der Waals surface area (Å²) in [6, 6.07) is 9.14. The number of alkyl halides is 1. The molecule has 1 fully saturated rings. The molecule has 0 spiro atoms. The van der Waals surface area contributed by atoms with Gasteiger partial charge in [0.25, 0.3) is 0 Å². The first-order chi connectivity index (χ1) is 9.19. The van der Waals surface area contributed by atoms with Crippen LogP contribution in [0.1, 0.15) is 10.4 Å². The van der Waals surface area contributed by atoms with E-state index in [0.717, 1.165) is 0 Å². The number of hydrogen-bond acceptors (Lipinski definition) is 3. The summed E-state index contributed by atoms with van der Waals surface area (Å²) in [4.78, 5) is 12.3. The number of benzene rings is 1. The molecular formula is C15H13ClO3. The standard InChI is InChI=1S/C15H13ClO3/c16-15-7-6-12(10-13(15)18-8-9-19-15)14(17)11-4-2-1-3-5-11/h1-7,10,13H,8-9H2. The van der Waals surface area contributed by atoms with Crippen molar-refractivity contribution in [2.75, 3.05) is 13.2 Å². The molecule has 1 saturated heterocycles. The Balaban J connectivity index is 1.87. The van der Waals surface area contributed by atoms with Crippen LogP contribution >= 0.6 is 11.6 Å². The van der Waals surface area contributed by atoms with E-state index in [4.69, 9.17) is 21.1 Å². The van der Waals surface area contributed by atoms with Gasteiger partial charge in [-0.15, -0.1) is 0 Å². The van der Waals surface area contributed by atoms with Crippen molar-refractivity contribution in [1.82, 2.24) is 0 Å². The molecule has 1 aliphatic carbocycles. The van der Waals surface area contributed by atoms with Crippen LogP contribution in [0.15, 0.2) is 54.1 Å². The van der Waals surface area contributed by atoms with Crippen molar-refractivity contribution in [3.8, 4) is 0 Å². The van der Waals surface area contributed by atoms with E-state index in [0.29, 0.717) is 24.4 Å². The third-order valence-electron chi connectivity index (χ3n) is 3.21. The second-order valence-corrected chi connectivity index (χ2v) is 5.08. The fourth-order valence-electron chi connectivity index (χ4n) is 2.20. The summed E-state index contributed by atoms with van der Waals surface area (Å²) in [6.45, 7) is 0.941. The maximum Gasteiger partial charge on any atom is 0.192 e. The van der Waals surface area contributed by atoms with E-state index < -0.39 is 11.2 Å². The highest BCUT2D eigenvalue weighted by Gasteiger charge is 2.40.